The second-order valence-electron chi connectivity index (χ2n) is 2.70. The van der Waals surface area contributed by atoms with Gasteiger partial charge in [-0.05, 0) is 23.6 Å². The van der Waals surface area contributed by atoms with Gasteiger partial charge < -0.3 is 9.84 Å². The second-order valence-corrected chi connectivity index (χ2v) is 2.70. The van der Waals surface area contributed by atoms with Crippen molar-refractivity contribution in [3.63, 3.8) is 0 Å². The van der Waals surface area contributed by atoms with Crippen molar-refractivity contribution in [1.29, 1.82) is 0 Å². The van der Waals surface area contributed by atoms with Gasteiger partial charge in [-0.2, -0.15) is 0 Å². The zero-order valence-electron chi connectivity index (χ0n) is 7.84. The molecule has 0 heterocycles. The molecular weight excluding hydrogens is 182 g/mol. The molecule has 0 spiro atoms. The Morgan fingerprint density at radius 1 is 1.57 bits per heavy atom. The lowest BCUT2D eigenvalue weighted by Gasteiger charge is -2.04. The standard InChI is InChI=1S/C9H11N3O2/c1-14-8-3-2-7(9(13)6-8)4-5-11-12-10/h2-3,6,13H,4-5H2,1H3. The fraction of sp³-hybridized carbons (Fsp3) is 0.333. The fourth-order valence-electron chi connectivity index (χ4n) is 1.10. The first-order valence-electron chi connectivity index (χ1n) is 4.14. The Morgan fingerprint density at radius 2 is 2.36 bits per heavy atom. The van der Waals surface area contributed by atoms with Crippen LogP contribution in [0.25, 0.3) is 10.4 Å². The largest absolute Gasteiger partial charge is 0.508 e. The predicted octanol–water partition coefficient (Wildman–Crippen LogP) is 2.25. The van der Waals surface area contributed by atoms with Gasteiger partial charge in [-0.3, -0.25) is 0 Å². The number of methoxy groups -OCH3 is 1. The second kappa shape index (κ2) is 4.99. The molecule has 1 aromatic rings. The van der Waals surface area contributed by atoms with Crippen molar-refractivity contribution in [1.82, 2.24) is 0 Å². The van der Waals surface area contributed by atoms with E-state index in [-0.39, 0.29) is 5.75 Å². The number of hydrogen-bond donors (Lipinski definition) is 1. The fourth-order valence-corrected chi connectivity index (χ4v) is 1.10. The smallest absolute Gasteiger partial charge is 0.122 e. The Morgan fingerprint density at radius 3 is 2.93 bits per heavy atom. The van der Waals surface area contributed by atoms with Gasteiger partial charge in [-0.15, -0.1) is 0 Å². The van der Waals surface area contributed by atoms with Gasteiger partial charge in [0.05, 0.1) is 7.11 Å². The van der Waals surface area contributed by atoms with Crippen LogP contribution < -0.4 is 4.74 Å². The summed E-state index contributed by atoms with van der Waals surface area (Å²) in [5, 5.41) is 12.9. The molecule has 0 amide bonds. The molecule has 0 saturated heterocycles. The van der Waals surface area contributed by atoms with Gasteiger partial charge in [0.15, 0.2) is 0 Å². The lowest BCUT2D eigenvalue weighted by Crippen LogP contribution is -1.90. The van der Waals surface area contributed by atoms with Crippen molar-refractivity contribution in [3.8, 4) is 11.5 Å². The third-order valence-corrected chi connectivity index (χ3v) is 1.84. The molecule has 1 aromatic carbocycles. The minimum atomic E-state index is 0.164. The summed E-state index contributed by atoms with van der Waals surface area (Å²) in [5.74, 6) is 0.771. The minimum absolute atomic E-state index is 0.164. The number of phenols is 1. The molecule has 0 saturated carbocycles. The van der Waals surface area contributed by atoms with Gasteiger partial charge in [-0.1, -0.05) is 11.2 Å². The zero-order valence-corrected chi connectivity index (χ0v) is 7.84. The lowest BCUT2D eigenvalue weighted by atomic mass is 10.1. The lowest BCUT2D eigenvalue weighted by molar-refractivity contribution is 0.406. The number of nitrogens with zero attached hydrogens (tertiary/aromatic N) is 3. The quantitative estimate of drug-likeness (QED) is 0.452. The third-order valence-electron chi connectivity index (χ3n) is 1.84. The van der Waals surface area contributed by atoms with E-state index in [0.29, 0.717) is 18.7 Å². The Labute approximate surface area is 81.6 Å². The molecule has 74 valence electrons. The van der Waals surface area contributed by atoms with Crippen LogP contribution in [-0.2, 0) is 6.42 Å². The summed E-state index contributed by atoms with van der Waals surface area (Å²) < 4.78 is 4.93. The zero-order chi connectivity index (χ0) is 10.4. The molecule has 0 aliphatic rings. The van der Waals surface area contributed by atoms with Crippen LogP contribution in [0.2, 0.25) is 0 Å². The van der Waals surface area contributed by atoms with Crippen LogP contribution in [0.5, 0.6) is 11.5 Å². The Bertz CT molecular complexity index is 359. The van der Waals surface area contributed by atoms with E-state index in [1.807, 2.05) is 0 Å². The number of phenolic OH excluding ortho intramolecular Hbond substituents is 1. The number of azide groups is 1. The summed E-state index contributed by atoms with van der Waals surface area (Å²) in [6, 6.07) is 5.04. The summed E-state index contributed by atoms with van der Waals surface area (Å²) in [5.41, 5.74) is 8.82. The van der Waals surface area contributed by atoms with Crippen molar-refractivity contribution in [2.24, 2.45) is 5.11 Å². The molecule has 0 fully saturated rings. The van der Waals surface area contributed by atoms with Crippen molar-refractivity contribution in [3.05, 3.63) is 34.2 Å². The summed E-state index contributed by atoms with van der Waals surface area (Å²) in [7, 11) is 1.54. The van der Waals surface area contributed by atoms with Gasteiger partial charge in [0.25, 0.3) is 0 Å². The van der Waals surface area contributed by atoms with Gasteiger partial charge in [0, 0.05) is 17.5 Å². The maximum absolute atomic E-state index is 9.51. The Balaban J connectivity index is 2.73. The average molecular weight is 193 g/mol. The highest BCUT2D eigenvalue weighted by atomic mass is 16.5. The Hall–Kier alpha value is -1.87. The van der Waals surface area contributed by atoms with Crippen molar-refractivity contribution in [2.45, 2.75) is 6.42 Å². The van der Waals surface area contributed by atoms with Gasteiger partial charge in [-0.25, -0.2) is 0 Å². The highest BCUT2D eigenvalue weighted by molar-refractivity contribution is 5.39. The molecule has 0 radical (unpaired) electrons. The molecular formula is C9H11N3O2. The first kappa shape index (κ1) is 10.2. The first-order chi connectivity index (χ1) is 6.77. The molecule has 0 aliphatic heterocycles. The number of benzene rings is 1. The van der Waals surface area contributed by atoms with Crippen molar-refractivity contribution in [2.75, 3.05) is 13.7 Å². The van der Waals surface area contributed by atoms with Crippen LogP contribution in [0, 0.1) is 0 Å². The molecule has 0 unspecified atom stereocenters. The van der Waals surface area contributed by atoms with E-state index in [9.17, 15) is 5.11 Å². The first-order valence-corrected chi connectivity index (χ1v) is 4.14. The van der Waals surface area contributed by atoms with Gasteiger partial charge >= 0.3 is 0 Å². The van der Waals surface area contributed by atoms with Crippen LogP contribution in [-0.4, -0.2) is 18.8 Å². The van der Waals surface area contributed by atoms with E-state index >= 15 is 0 Å². The third kappa shape index (κ3) is 2.57. The van der Waals surface area contributed by atoms with Gasteiger partial charge in [0.2, 0.25) is 0 Å². The average Bonchev–Trinajstić information content (AvgIpc) is 2.20. The van der Waals surface area contributed by atoms with E-state index in [1.54, 1.807) is 12.1 Å². The van der Waals surface area contributed by atoms with Crippen molar-refractivity contribution < 1.29 is 9.84 Å². The van der Waals surface area contributed by atoms with Crippen molar-refractivity contribution >= 4 is 0 Å². The summed E-state index contributed by atoms with van der Waals surface area (Å²) in [6.07, 6.45) is 0.528. The number of ether oxygens (including phenoxy) is 1. The SMILES string of the molecule is COc1ccc(CCN=[N+]=[N-])c(O)c1. The van der Waals surface area contributed by atoms with E-state index < -0.39 is 0 Å². The molecule has 0 aromatic heterocycles. The summed E-state index contributed by atoms with van der Waals surface area (Å²) >= 11 is 0. The normalized spacial score (nSPS) is 9.21. The Kier molecular flexibility index (Phi) is 3.64. The molecule has 0 aliphatic carbocycles. The molecule has 14 heavy (non-hydrogen) atoms. The van der Waals surface area contributed by atoms with E-state index in [4.69, 9.17) is 10.3 Å². The van der Waals surface area contributed by atoms with E-state index in [1.165, 1.54) is 13.2 Å². The number of aromatic hydroxyl groups is 1. The monoisotopic (exact) mass is 193 g/mol. The van der Waals surface area contributed by atoms with Gasteiger partial charge in [0.1, 0.15) is 11.5 Å². The topological polar surface area (TPSA) is 78.2 Å². The molecule has 0 bridgehead atoms. The summed E-state index contributed by atoms with van der Waals surface area (Å²) in [6.45, 7) is 0.344. The molecule has 5 heteroatoms. The van der Waals surface area contributed by atoms with Crippen LogP contribution in [0.4, 0.5) is 0 Å². The number of rotatable bonds is 4. The molecule has 0 atom stereocenters. The molecule has 1 N–H and O–H groups in total. The maximum atomic E-state index is 9.51. The molecule has 1 rings (SSSR count). The summed E-state index contributed by atoms with van der Waals surface area (Å²) in [4.78, 5) is 2.63. The van der Waals surface area contributed by atoms with E-state index in [2.05, 4.69) is 10.0 Å². The highest BCUT2D eigenvalue weighted by Crippen LogP contribution is 2.23. The number of hydrogen-bond acceptors (Lipinski definition) is 3. The minimum Gasteiger partial charge on any atom is -0.508 e. The van der Waals surface area contributed by atoms with Crippen LogP contribution in [0.1, 0.15) is 5.56 Å². The van der Waals surface area contributed by atoms with Crippen LogP contribution in [0.3, 0.4) is 0 Å². The predicted molar refractivity (Wildman–Crippen MR) is 52.4 cm³/mol. The van der Waals surface area contributed by atoms with Crippen LogP contribution in [0.15, 0.2) is 23.3 Å². The highest BCUT2D eigenvalue weighted by Gasteiger charge is 2.01. The maximum Gasteiger partial charge on any atom is 0.122 e. The molecule has 5 nitrogen and oxygen atoms in total. The van der Waals surface area contributed by atoms with Crippen LogP contribution >= 0.6 is 0 Å². The van der Waals surface area contributed by atoms with E-state index in [0.717, 1.165) is 5.56 Å².